The van der Waals surface area contributed by atoms with E-state index in [-0.39, 0.29) is 5.97 Å². The molecule has 0 saturated carbocycles. The molecule has 1 atom stereocenters. The quantitative estimate of drug-likeness (QED) is 0.781. The zero-order valence-electron chi connectivity index (χ0n) is 11.1. The molecule has 4 heteroatoms. The molecule has 98 valence electrons. The highest BCUT2D eigenvalue weighted by Gasteiger charge is 2.26. The van der Waals surface area contributed by atoms with E-state index in [4.69, 9.17) is 10.5 Å². The molecule has 1 aromatic rings. The van der Waals surface area contributed by atoms with Crippen molar-refractivity contribution in [2.75, 3.05) is 0 Å². The number of nitrogens with two attached hydrogens (primary N) is 1. The molecular weight excluding hydrogens is 228 g/mol. The summed E-state index contributed by atoms with van der Waals surface area (Å²) in [4.78, 5) is 12.0. The minimum absolute atomic E-state index is 0.372. The van der Waals surface area contributed by atoms with Gasteiger partial charge >= 0.3 is 5.97 Å². The predicted octanol–water partition coefficient (Wildman–Crippen LogP) is 1.63. The second-order valence-electron chi connectivity index (χ2n) is 5.60. The Labute approximate surface area is 108 Å². The van der Waals surface area contributed by atoms with Gasteiger partial charge in [0.2, 0.25) is 0 Å². The Morgan fingerprint density at radius 3 is 2.78 bits per heavy atom. The van der Waals surface area contributed by atoms with Crippen LogP contribution in [-0.2, 0) is 22.6 Å². The van der Waals surface area contributed by atoms with Crippen LogP contribution in [0.3, 0.4) is 0 Å². The van der Waals surface area contributed by atoms with Crippen molar-refractivity contribution in [2.24, 2.45) is 5.73 Å². The Morgan fingerprint density at radius 1 is 1.39 bits per heavy atom. The highest BCUT2D eigenvalue weighted by atomic mass is 16.6. The average Bonchev–Trinajstić information content (AvgIpc) is 2.73. The van der Waals surface area contributed by atoms with Crippen molar-refractivity contribution < 1.29 is 9.53 Å². The Balaban J connectivity index is 2.22. The number of rotatable bonds is 2. The van der Waals surface area contributed by atoms with Crippen molar-refractivity contribution in [3.8, 4) is 0 Å². The van der Waals surface area contributed by atoms with Crippen molar-refractivity contribution in [1.82, 2.24) is 5.32 Å². The Hall–Kier alpha value is -1.39. The first-order valence-electron chi connectivity index (χ1n) is 6.18. The maximum absolute atomic E-state index is 12.0. The van der Waals surface area contributed by atoms with Crippen molar-refractivity contribution in [1.29, 1.82) is 0 Å². The number of hydrogen-bond donors (Lipinski definition) is 2. The van der Waals surface area contributed by atoms with Gasteiger partial charge in [0.25, 0.3) is 0 Å². The molecule has 1 aromatic carbocycles. The maximum atomic E-state index is 12.0. The number of carbonyl (C=O) groups is 1. The molecular formula is C14H20N2O2. The third-order valence-electron chi connectivity index (χ3n) is 2.92. The van der Waals surface area contributed by atoms with Crippen molar-refractivity contribution >= 4 is 5.97 Å². The average molecular weight is 248 g/mol. The molecule has 0 fully saturated rings. The normalized spacial score (nSPS) is 16.2. The van der Waals surface area contributed by atoms with Crippen LogP contribution in [0, 0.1) is 0 Å². The van der Waals surface area contributed by atoms with E-state index in [1.54, 1.807) is 0 Å². The second-order valence-corrected chi connectivity index (χ2v) is 5.60. The van der Waals surface area contributed by atoms with Crippen molar-refractivity contribution in [3.05, 3.63) is 34.9 Å². The molecule has 3 N–H and O–H groups in total. The molecule has 2 rings (SSSR count). The molecule has 0 bridgehead atoms. The fourth-order valence-corrected chi connectivity index (χ4v) is 2.14. The molecule has 1 heterocycles. The van der Waals surface area contributed by atoms with Gasteiger partial charge in [-0.05, 0) is 37.5 Å². The van der Waals surface area contributed by atoms with Crippen LogP contribution in [-0.4, -0.2) is 11.6 Å². The largest absolute Gasteiger partial charge is 0.459 e. The Bertz CT molecular complexity index is 463. The maximum Gasteiger partial charge on any atom is 0.328 e. The molecule has 18 heavy (non-hydrogen) atoms. The van der Waals surface area contributed by atoms with E-state index in [0.29, 0.717) is 0 Å². The summed E-state index contributed by atoms with van der Waals surface area (Å²) < 4.78 is 5.33. The zero-order chi connectivity index (χ0) is 13.3. The standard InChI is InChI=1S/C14H20N2O2/c1-14(2,3)18-13(17)12(15)10-6-4-5-9-7-16-8-11(9)10/h4-6,12,16H,7-8,15H2,1-3H3. The number of hydrogen-bond acceptors (Lipinski definition) is 4. The van der Waals surface area contributed by atoms with Crippen LogP contribution in [0.1, 0.15) is 43.5 Å². The van der Waals surface area contributed by atoms with Crippen LogP contribution in [0.2, 0.25) is 0 Å². The highest BCUT2D eigenvalue weighted by molar-refractivity contribution is 5.78. The summed E-state index contributed by atoms with van der Waals surface area (Å²) >= 11 is 0. The van der Waals surface area contributed by atoms with Crippen LogP contribution in [0.25, 0.3) is 0 Å². The van der Waals surface area contributed by atoms with E-state index in [9.17, 15) is 4.79 Å². The van der Waals surface area contributed by atoms with Crippen LogP contribution in [0.5, 0.6) is 0 Å². The highest BCUT2D eigenvalue weighted by Crippen LogP contribution is 2.25. The second kappa shape index (κ2) is 4.71. The first kappa shape index (κ1) is 13.1. The fourth-order valence-electron chi connectivity index (χ4n) is 2.14. The number of fused-ring (bicyclic) bond motifs is 1. The van der Waals surface area contributed by atoms with Gasteiger partial charge in [-0.2, -0.15) is 0 Å². The Kier molecular flexibility index (Phi) is 3.41. The lowest BCUT2D eigenvalue weighted by Gasteiger charge is -2.23. The number of esters is 1. The van der Waals surface area contributed by atoms with Gasteiger partial charge < -0.3 is 15.8 Å². The first-order valence-corrected chi connectivity index (χ1v) is 6.18. The lowest BCUT2D eigenvalue weighted by atomic mass is 9.98. The summed E-state index contributed by atoms with van der Waals surface area (Å²) in [5, 5.41) is 3.26. The minimum Gasteiger partial charge on any atom is -0.459 e. The van der Waals surface area contributed by atoms with E-state index >= 15 is 0 Å². The third-order valence-corrected chi connectivity index (χ3v) is 2.92. The van der Waals surface area contributed by atoms with Crippen molar-refractivity contribution in [3.63, 3.8) is 0 Å². The summed E-state index contributed by atoms with van der Waals surface area (Å²) in [6.45, 7) is 7.13. The molecule has 1 aliphatic heterocycles. The summed E-state index contributed by atoms with van der Waals surface area (Å²) in [5.74, 6) is -0.372. The molecule has 1 aliphatic rings. The molecule has 4 nitrogen and oxygen atoms in total. The van der Waals surface area contributed by atoms with Gasteiger partial charge in [-0.1, -0.05) is 18.2 Å². The smallest absolute Gasteiger partial charge is 0.328 e. The van der Waals surface area contributed by atoms with Crippen LogP contribution in [0.4, 0.5) is 0 Å². The lowest BCUT2D eigenvalue weighted by Crippen LogP contribution is -2.32. The van der Waals surface area contributed by atoms with Gasteiger partial charge in [-0.25, -0.2) is 4.79 Å². The number of benzene rings is 1. The van der Waals surface area contributed by atoms with Gasteiger partial charge in [-0.3, -0.25) is 0 Å². The topological polar surface area (TPSA) is 64.3 Å². The molecule has 0 amide bonds. The van der Waals surface area contributed by atoms with Crippen LogP contribution >= 0.6 is 0 Å². The minimum atomic E-state index is -0.709. The summed E-state index contributed by atoms with van der Waals surface area (Å²) in [5.41, 5.74) is 8.72. The molecule has 0 spiro atoms. The van der Waals surface area contributed by atoms with Gasteiger partial charge in [0.15, 0.2) is 0 Å². The molecule has 0 radical (unpaired) electrons. The van der Waals surface area contributed by atoms with E-state index in [0.717, 1.165) is 24.2 Å². The first-order chi connectivity index (χ1) is 8.38. The van der Waals surface area contributed by atoms with Gasteiger partial charge in [0.1, 0.15) is 11.6 Å². The molecule has 0 aliphatic carbocycles. The van der Waals surface area contributed by atoms with Crippen molar-refractivity contribution in [2.45, 2.75) is 45.5 Å². The number of nitrogens with one attached hydrogen (secondary N) is 1. The van der Waals surface area contributed by atoms with Gasteiger partial charge in [0.05, 0.1) is 0 Å². The lowest BCUT2D eigenvalue weighted by molar-refractivity contribution is -0.156. The number of ether oxygens (including phenoxy) is 1. The predicted molar refractivity (Wildman–Crippen MR) is 69.8 cm³/mol. The van der Waals surface area contributed by atoms with Crippen LogP contribution in [0.15, 0.2) is 18.2 Å². The monoisotopic (exact) mass is 248 g/mol. The summed E-state index contributed by atoms with van der Waals surface area (Å²) in [7, 11) is 0. The van der Waals surface area contributed by atoms with E-state index in [2.05, 4.69) is 11.4 Å². The third kappa shape index (κ3) is 2.71. The van der Waals surface area contributed by atoms with Gasteiger partial charge in [0, 0.05) is 13.1 Å². The van der Waals surface area contributed by atoms with Crippen LogP contribution < -0.4 is 11.1 Å². The van der Waals surface area contributed by atoms with E-state index in [1.165, 1.54) is 5.56 Å². The number of carbonyl (C=O) groups excluding carboxylic acids is 1. The SMILES string of the molecule is CC(C)(C)OC(=O)C(N)c1cccc2c1CNC2. The van der Waals surface area contributed by atoms with Gasteiger partial charge in [-0.15, -0.1) is 0 Å². The molecule has 1 unspecified atom stereocenters. The molecule has 0 saturated heterocycles. The van der Waals surface area contributed by atoms with E-state index in [1.807, 2.05) is 32.9 Å². The Morgan fingerprint density at radius 2 is 2.11 bits per heavy atom. The summed E-state index contributed by atoms with van der Waals surface area (Å²) in [6, 6.07) is 5.19. The fraction of sp³-hybridized carbons (Fsp3) is 0.500. The van der Waals surface area contributed by atoms with E-state index < -0.39 is 11.6 Å². The molecule has 0 aromatic heterocycles. The zero-order valence-corrected chi connectivity index (χ0v) is 11.1. The summed E-state index contributed by atoms with van der Waals surface area (Å²) in [6.07, 6.45) is 0.